The lowest BCUT2D eigenvalue weighted by atomic mass is 9.50. The summed E-state index contributed by atoms with van der Waals surface area (Å²) in [6, 6.07) is 12.0. The highest BCUT2D eigenvalue weighted by atomic mass is 16.6. The lowest BCUT2D eigenvalue weighted by Crippen LogP contribution is -2.74. The minimum absolute atomic E-state index is 0.0130. The Kier molecular flexibility index (Phi) is 8.99. The molecule has 12 nitrogen and oxygen atoms in total. The smallest absolute Gasteiger partial charge is 0.357 e. The first-order valence-electron chi connectivity index (χ1n) is 16.2. The van der Waals surface area contributed by atoms with Gasteiger partial charge in [-0.25, -0.2) is 9.59 Å². The Labute approximate surface area is 278 Å². The molecule has 1 spiro atoms. The standard InChI is InChI=1S/C36H41NO11/c1-20(2)19-44-33(40)26(45-21(3)38)18-28(39)47-30(22-9-7-6-8-10-22)34(41)46-25-13-14-36(42)27-17-23-11-12-24(43-5)31-29(23)35(36,32(25)48-31)15-16-37(27)4/h6-13,20,26-27,30,32,42H,14-19H2,1-5H3/t26-,27+,30-,32-,35-,36+/m0/s1. The minimum atomic E-state index is -1.56. The summed E-state index contributed by atoms with van der Waals surface area (Å²) in [5, 5.41) is 12.5. The van der Waals surface area contributed by atoms with Gasteiger partial charge in [0.15, 0.2) is 17.6 Å². The Morgan fingerprint density at radius 3 is 2.50 bits per heavy atom. The normalized spacial score (nSPS) is 26.3. The van der Waals surface area contributed by atoms with Crippen LogP contribution in [0.25, 0.3) is 0 Å². The van der Waals surface area contributed by atoms with Gasteiger partial charge >= 0.3 is 23.9 Å². The average Bonchev–Trinajstić information content (AvgIpc) is 3.41. The molecule has 2 aliphatic heterocycles. The zero-order valence-corrected chi connectivity index (χ0v) is 27.7. The van der Waals surface area contributed by atoms with Crippen molar-refractivity contribution in [3.8, 4) is 11.5 Å². The fraction of sp³-hybridized carbons (Fsp3) is 0.500. The summed E-state index contributed by atoms with van der Waals surface area (Å²) in [6.45, 7) is 5.54. The molecule has 2 aliphatic carbocycles. The molecule has 2 heterocycles. The summed E-state index contributed by atoms with van der Waals surface area (Å²) in [7, 11) is 3.56. The van der Waals surface area contributed by atoms with Gasteiger partial charge in [0, 0.05) is 30.5 Å². The van der Waals surface area contributed by atoms with Crippen LogP contribution in [-0.2, 0) is 50.0 Å². The number of carbonyl (C=O) groups is 4. The lowest BCUT2D eigenvalue weighted by molar-refractivity contribution is -0.179. The first-order valence-corrected chi connectivity index (χ1v) is 16.2. The van der Waals surface area contributed by atoms with Crippen LogP contribution in [0.4, 0.5) is 0 Å². The van der Waals surface area contributed by atoms with Gasteiger partial charge in [0.1, 0.15) is 5.76 Å². The van der Waals surface area contributed by atoms with E-state index in [9.17, 15) is 24.3 Å². The minimum Gasteiger partial charge on any atom is -0.493 e. The topological polar surface area (TPSA) is 147 Å². The third-order valence-electron chi connectivity index (χ3n) is 9.82. The summed E-state index contributed by atoms with van der Waals surface area (Å²) in [4.78, 5) is 53.8. The van der Waals surface area contributed by atoms with E-state index in [-0.39, 0.29) is 30.7 Å². The SMILES string of the molecule is COc1ccc2c3c1O[C@H]1C(OC(=O)[C@@H](OC(=O)C[C@H](OC(C)=O)C(=O)OCC(C)C)c4ccccc4)=CC[C@@]4(O)[C@@H](C2)N(C)CC[C@]314. The maximum absolute atomic E-state index is 14.0. The maximum atomic E-state index is 14.0. The van der Waals surface area contributed by atoms with Crippen molar-refractivity contribution in [1.82, 2.24) is 4.90 Å². The molecule has 0 amide bonds. The predicted octanol–water partition coefficient (Wildman–Crippen LogP) is 3.32. The van der Waals surface area contributed by atoms with Gasteiger partial charge in [0.25, 0.3) is 0 Å². The molecule has 6 rings (SSSR count). The number of aliphatic hydroxyl groups is 1. The van der Waals surface area contributed by atoms with Crippen LogP contribution in [0, 0.1) is 5.92 Å². The van der Waals surface area contributed by atoms with Gasteiger partial charge in [0.2, 0.25) is 12.2 Å². The number of benzene rings is 2. The molecule has 48 heavy (non-hydrogen) atoms. The largest absolute Gasteiger partial charge is 0.493 e. The Hall–Kier alpha value is -4.42. The molecule has 0 aromatic heterocycles. The maximum Gasteiger partial charge on any atom is 0.357 e. The van der Waals surface area contributed by atoms with Crippen LogP contribution in [0.5, 0.6) is 11.5 Å². The van der Waals surface area contributed by atoms with Crippen LogP contribution < -0.4 is 9.47 Å². The van der Waals surface area contributed by atoms with Crippen LogP contribution >= 0.6 is 0 Å². The van der Waals surface area contributed by atoms with E-state index in [1.54, 1.807) is 43.5 Å². The summed E-state index contributed by atoms with van der Waals surface area (Å²) >= 11 is 0. The number of methoxy groups -OCH3 is 1. The van der Waals surface area contributed by atoms with Crippen molar-refractivity contribution in [1.29, 1.82) is 0 Å². The van der Waals surface area contributed by atoms with Gasteiger partial charge in [-0.05, 0) is 50.1 Å². The highest BCUT2D eigenvalue weighted by molar-refractivity contribution is 5.86. The molecule has 1 saturated heterocycles. The number of likely N-dealkylation sites (tertiary alicyclic amines) is 1. The highest BCUT2D eigenvalue weighted by Crippen LogP contribution is 2.65. The van der Waals surface area contributed by atoms with E-state index < -0.39 is 59.6 Å². The molecule has 0 saturated carbocycles. The van der Waals surface area contributed by atoms with Crippen molar-refractivity contribution in [2.45, 2.75) is 81.8 Å². The second kappa shape index (κ2) is 12.9. The quantitative estimate of drug-likeness (QED) is 0.278. The second-order valence-corrected chi connectivity index (χ2v) is 13.3. The van der Waals surface area contributed by atoms with E-state index in [2.05, 4.69) is 4.90 Å². The summed E-state index contributed by atoms with van der Waals surface area (Å²) in [5.41, 5.74) is 0.148. The first-order chi connectivity index (χ1) is 22.9. The molecule has 6 atom stereocenters. The molecular formula is C36H41NO11. The van der Waals surface area contributed by atoms with Crippen molar-refractivity contribution >= 4 is 23.9 Å². The van der Waals surface area contributed by atoms with Gasteiger partial charge in [-0.1, -0.05) is 50.2 Å². The molecular weight excluding hydrogens is 622 g/mol. The van der Waals surface area contributed by atoms with Crippen molar-refractivity contribution < 1.29 is 52.7 Å². The zero-order chi connectivity index (χ0) is 34.4. The number of likely N-dealkylation sites (N-methyl/N-ethyl adjacent to an activating group) is 1. The third-order valence-corrected chi connectivity index (χ3v) is 9.82. The van der Waals surface area contributed by atoms with E-state index >= 15 is 0 Å². The first kappa shape index (κ1) is 33.5. The second-order valence-electron chi connectivity index (χ2n) is 13.3. The highest BCUT2D eigenvalue weighted by Gasteiger charge is 2.72. The average molecular weight is 664 g/mol. The van der Waals surface area contributed by atoms with Crippen LogP contribution in [0.1, 0.15) is 62.8 Å². The van der Waals surface area contributed by atoms with E-state index in [1.807, 2.05) is 33.0 Å². The molecule has 256 valence electrons. The Morgan fingerprint density at radius 2 is 1.81 bits per heavy atom. The fourth-order valence-electron chi connectivity index (χ4n) is 7.68. The van der Waals surface area contributed by atoms with E-state index in [4.69, 9.17) is 28.4 Å². The number of piperidine rings is 1. The Bertz CT molecular complexity index is 1640. The molecule has 4 aliphatic rings. The van der Waals surface area contributed by atoms with Crippen molar-refractivity contribution in [3.05, 3.63) is 71.0 Å². The van der Waals surface area contributed by atoms with Crippen LogP contribution in [0.2, 0.25) is 0 Å². The number of hydrogen-bond donors (Lipinski definition) is 1. The van der Waals surface area contributed by atoms with E-state index in [0.29, 0.717) is 36.4 Å². The number of carbonyl (C=O) groups excluding carboxylic acids is 4. The Morgan fingerprint density at radius 1 is 1.06 bits per heavy atom. The van der Waals surface area contributed by atoms with Crippen molar-refractivity contribution in [2.24, 2.45) is 5.92 Å². The molecule has 0 unspecified atom stereocenters. The van der Waals surface area contributed by atoms with Gasteiger partial charge in [-0.15, -0.1) is 0 Å². The lowest BCUT2D eigenvalue weighted by Gasteiger charge is -2.61. The van der Waals surface area contributed by atoms with E-state index in [0.717, 1.165) is 18.1 Å². The molecule has 2 aromatic rings. The molecule has 1 fully saturated rings. The summed E-state index contributed by atoms with van der Waals surface area (Å²) in [5.74, 6) is -2.31. The van der Waals surface area contributed by atoms with Gasteiger partial charge in [-0.3, -0.25) is 9.59 Å². The summed E-state index contributed by atoms with van der Waals surface area (Å²) in [6.07, 6.45) is -1.55. The molecule has 2 bridgehead atoms. The number of nitrogens with zero attached hydrogens (tertiary/aromatic N) is 1. The van der Waals surface area contributed by atoms with Crippen LogP contribution in [0.15, 0.2) is 54.3 Å². The monoisotopic (exact) mass is 663 g/mol. The Balaban J connectivity index is 1.28. The number of hydrogen-bond acceptors (Lipinski definition) is 12. The van der Waals surface area contributed by atoms with Gasteiger partial charge in [-0.2, -0.15) is 0 Å². The molecule has 1 N–H and O–H groups in total. The number of esters is 4. The zero-order valence-electron chi connectivity index (χ0n) is 27.7. The molecule has 0 radical (unpaired) electrons. The third kappa shape index (κ3) is 5.60. The fourth-order valence-corrected chi connectivity index (χ4v) is 7.68. The number of rotatable bonds is 11. The predicted molar refractivity (Wildman–Crippen MR) is 169 cm³/mol. The van der Waals surface area contributed by atoms with Crippen molar-refractivity contribution in [2.75, 3.05) is 27.3 Å². The van der Waals surface area contributed by atoms with Gasteiger partial charge in [0.05, 0.1) is 31.2 Å². The van der Waals surface area contributed by atoms with Crippen molar-refractivity contribution in [3.63, 3.8) is 0 Å². The number of ether oxygens (including phenoxy) is 6. The van der Waals surface area contributed by atoms with Crippen LogP contribution in [0.3, 0.4) is 0 Å². The van der Waals surface area contributed by atoms with Crippen LogP contribution in [-0.4, -0.2) is 85.0 Å². The molecule has 2 aromatic carbocycles. The van der Waals surface area contributed by atoms with E-state index in [1.165, 1.54) is 0 Å². The van der Waals surface area contributed by atoms with Gasteiger partial charge < -0.3 is 38.4 Å². The summed E-state index contributed by atoms with van der Waals surface area (Å²) < 4.78 is 34.2. The molecule has 12 heteroatoms.